The van der Waals surface area contributed by atoms with Gasteiger partial charge in [0, 0.05) is 0 Å². The molecule has 0 amide bonds. The normalized spacial score (nSPS) is 15.4. The van der Waals surface area contributed by atoms with Crippen LogP contribution in [0.5, 0.6) is 0 Å². The molecule has 0 radical (unpaired) electrons. The van der Waals surface area contributed by atoms with Crippen LogP contribution >= 0.6 is 0 Å². The molecular weight excluding hydrogens is 432 g/mol. The molecule has 0 fully saturated rings. The van der Waals surface area contributed by atoms with Crippen LogP contribution in [0.2, 0.25) is 5.04 Å². The van der Waals surface area contributed by atoms with Crippen molar-refractivity contribution >= 4 is 18.7 Å². The average Bonchev–Trinajstić information content (AvgIpc) is 2.83. The molecule has 0 bridgehead atoms. The minimum Gasteiger partial charge on any atom is -0.401 e. The first kappa shape index (κ1) is 28.6. The molecule has 0 aromatic heterocycles. The third-order valence-electron chi connectivity index (χ3n) is 6.87. The summed E-state index contributed by atoms with van der Waals surface area (Å²) in [7, 11) is -2.70. The SMILES string of the molecule is CCCCCC(C)/C=C/C(O)C(CCCC)O[Si](c1ccccc1)(c1ccccc1)C(C)(C)C. The zero-order valence-electron chi connectivity index (χ0n) is 22.5. The van der Waals surface area contributed by atoms with E-state index in [9.17, 15) is 5.11 Å². The molecule has 3 atom stereocenters. The Kier molecular flexibility index (Phi) is 11.8. The Labute approximate surface area is 210 Å². The molecule has 1 N–H and O–H groups in total. The van der Waals surface area contributed by atoms with Gasteiger partial charge in [-0.15, -0.1) is 0 Å². The minimum atomic E-state index is -2.70. The highest BCUT2D eigenvalue weighted by molar-refractivity contribution is 6.99. The topological polar surface area (TPSA) is 29.5 Å². The van der Waals surface area contributed by atoms with Crippen LogP contribution in [0.4, 0.5) is 0 Å². The number of rotatable bonds is 14. The zero-order valence-corrected chi connectivity index (χ0v) is 23.5. The van der Waals surface area contributed by atoms with E-state index >= 15 is 0 Å². The fourth-order valence-corrected chi connectivity index (χ4v) is 9.59. The molecule has 0 spiro atoms. The summed E-state index contributed by atoms with van der Waals surface area (Å²) in [4.78, 5) is 0. The number of aliphatic hydroxyl groups excluding tert-OH is 1. The van der Waals surface area contributed by atoms with E-state index in [0.29, 0.717) is 5.92 Å². The Morgan fingerprint density at radius 3 is 1.79 bits per heavy atom. The Hall–Kier alpha value is -1.68. The Bertz CT molecular complexity index is 786. The largest absolute Gasteiger partial charge is 0.401 e. The summed E-state index contributed by atoms with van der Waals surface area (Å²) < 4.78 is 7.31. The van der Waals surface area contributed by atoms with E-state index in [1.54, 1.807) is 0 Å². The molecule has 3 unspecified atom stereocenters. The second-order valence-corrected chi connectivity index (χ2v) is 15.1. The second kappa shape index (κ2) is 14.0. The maximum Gasteiger partial charge on any atom is 0.261 e. The highest BCUT2D eigenvalue weighted by Crippen LogP contribution is 2.38. The van der Waals surface area contributed by atoms with Crippen molar-refractivity contribution in [3.63, 3.8) is 0 Å². The Balaban J connectivity index is 2.45. The number of hydrogen-bond donors (Lipinski definition) is 1. The molecule has 2 nitrogen and oxygen atoms in total. The van der Waals surface area contributed by atoms with E-state index < -0.39 is 14.4 Å². The monoisotopic (exact) mass is 480 g/mol. The summed E-state index contributed by atoms with van der Waals surface area (Å²) >= 11 is 0. The van der Waals surface area contributed by atoms with Gasteiger partial charge in [-0.2, -0.15) is 0 Å². The lowest BCUT2D eigenvalue weighted by atomic mass is 10.0. The molecule has 2 aromatic carbocycles. The molecular formula is C31H48O2Si. The first-order chi connectivity index (χ1) is 16.3. The van der Waals surface area contributed by atoms with Crippen LogP contribution in [0.3, 0.4) is 0 Å². The van der Waals surface area contributed by atoms with Crippen molar-refractivity contribution in [3.05, 3.63) is 72.8 Å². The minimum absolute atomic E-state index is 0.100. The quantitative estimate of drug-likeness (QED) is 0.175. The van der Waals surface area contributed by atoms with Gasteiger partial charge in [0.15, 0.2) is 0 Å². The van der Waals surface area contributed by atoms with Crippen molar-refractivity contribution < 1.29 is 9.53 Å². The third-order valence-corrected chi connectivity index (χ3v) is 11.9. The summed E-state index contributed by atoms with van der Waals surface area (Å²) in [5.74, 6) is 0.473. The summed E-state index contributed by atoms with van der Waals surface area (Å²) in [5, 5.41) is 13.8. The second-order valence-electron chi connectivity index (χ2n) is 10.8. The highest BCUT2D eigenvalue weighted by Gasteiger charge is 2.51. The van der Waals surface area contributed by atoms with Crippen molar-refractivity contribution in [1.29, 1.82) is 0 Å². The summed E-state index contributed by atoms with van der Waals surface area (Å²) in [6, 6.07) is 21.5. The van der Waals surface area contributed by atoms with Crippen molar-refractivity contribution in [2.75, 3.05) is 0 Å². The van der Waals surface area contributed by atoms with E-state index in [4.69, 9.17) is 4.43 Å². The van der Waals surface area contributed by atoms with Crippen LogP contribution in [-0.2, 0) is 4.43 Å². The fraction of sp³-hybridized carbons (Fsp3) is 0.548. The van der Waals surface area contributed by atoms with E-state index in [1.165, 1.54) is 36.1 Å². The number of hydrogen-bond acceptors (Lipinski definition) is 2. The third kappa shape index (κ3) is 7.66. The average molecular weight is 481 g/mol. The van der Waals surface area contributed by atoms with Crippen LogP contribution < -0.4 is 10.4 Å². The lowest BCUT2D eigenvalue weighted by molar-refractivity contribution is 0.0524. The summed E-state index contributed by atoms with van der Waals surface area (Å²) in [5.41, 5.74) is 0. The van der Waals surface area contributed by atoms with Gasteiger partial charge in [0.05, 0.1) is 12.2 Å². The standard InChI is InChI=1S/C31H48O2Si/c1-7-9-13-18-26(3)24-25-29(32)30(23-10-8-2)33-34(31(4,5)6,27-19-14-11-15-20-27)28-21-16-12-17-22-28/h11-12,14-17,19-22,24-26,29-30,32H,7-10,13,18,23H2,1-6H3/b25-24+. The van der Waals surface area contributed by atoms with Gasteiger partial charge in [0.25, 0.3) is 8.32 Å². The lowest BCUT2D eigenvalue weighted by Crippen LogP contribution is -2.68. The van der Waals surface area contributed by atoms with Gasteiger partial charge >= 0.3 is 0 Å². The van der Waals surface area contributed by atoms with E-state index in [-0.39, 0.29) is 11.1 Å². The predicted octanol–water partition coefficient (Wildman–Crippen LogP) is 7.26. The van der Waals surface area contributed by atoms with Gasteiger partial charge in [0.1, 0.15) is 0 Å². The van der Waals surface area contributed by atoms with Crippen molar-refractivity contribution in [1.82, 2.24) is 0 Å². The molecule has 0 aliphatic heterocycles. The summed E-state index contributed by atoms with van der Waals surface area (Å²) in [6.45, 7) is 13.6. The van der Waals surface area contributed by atoms with E-state index in [2.05, 4.69) is 108 Å². The molecule has 2 aromatic rings. The molecule has 2 rings (SSSR count). The smallest absolute Gasteiger partial charge is 0.261 e. The van der Waals surface area contributed by atoms with Crippen molar-refractivity contribution in [2.24, 2.45) is 5.92 Å². The van der Waals surface area contributed by atoms with E-state index in [0.717, 1.165) is 19.3 Å². The van der Waals surface area contributed by atoms with Crippen LogP contribution in [0, 0.1) is 5.92 Å². The van der Waals surface area contributed by atoms with Crippen molar-refractivity contribution in [2.45, 2.75) is 104 Å². The van der Waals surface area contributed by atoms with E-state index in [1.807, 2.05) is 6.08 Å². The van der Waals surface area contributed by atoms with Gasteiger partial charge in [-0.05, 0) is 34.2 Å². The highest BCUT2D eigenvalue weighted by atomic mass is 28.4. The molecule has 0 heterocycles. The maximum atomic E-state index is 11.4. The molecule has 0 saturated heterocycles. The zero-order chi connectivity index (χ0) is 25.0. The fourth-order valence-electron chi connectivity index (χ4n) is 4.86. The molecule has 188 valence electrons. The number of allylic oxidation sites excluding steroid dienone is 1. The van der Waals surface area contributed by atoms with Gasteiger partial charge in [-0.25, -0.2) is 0 Å². The molecule has 3 heteroatoms. The van der Waals surface area contributed by atoms with Crippen molar-refractivity contribution in [3.8, 4) is 0 Å². The lowest BCUT2D eigenvalue weighted by Gasteiger charge is -2.45. The molecule has 0 saturated carbocycles. The molecule has 0 aliphatic carbocycles. The van der Waals surface area contributed by atoms with Crippen LogP contribution in [-0.4, -0.2) is 25.6 Å². The first-order valence-corrected chi connectivity index (χ1v) is 15.3. The maximum absolute atomic E-state index is 11.4. The van der Waals surface area contributed by atoms with Crippen LogP contribution in [0.15, 0.2) is 72.8 Å². The van der Waals surface area contributed by atoms with Gasteiger partial charge in [-0.3, -0.25) is 0 Å². The first-order valence-electron chi connectivity index (χ1n) is 13.4. The summed E-state index contributed by atoms with van der Waals surface area (Å²) in [6.07, 6.45) is 11.3. The van der Waals surface area contributed by atoms with Gasteiger partial charge < -0.3 is 9.53 Å². The molecule has 34 heavy (non-hydrogen) atoms. The Morgan fingerprint density at radius 1 is 0.794 bits per heavy atom. The van der Waals surface area contributed by atoms with Gasteiger partial charge in [0.2, 0.25) is 0 Å². The number of aliphatic hydroxyl groups is 1. The van der Waals surface area contributed by atoms with Crippen LogP contribution in [0.25, 0.3) is 0 Å². The van der Waals surface area contributed by atoms with Crippen LogP contribution in [0.1, 0.15) is 86.5 Å². The number of unbranched alkanes of at least 4 members (excludes halogenated alkanes) is 3. The Morgan fingerprint density at radius 2 is 1.32 bits per heavy atom. The van der Waals surface area contributed by atoms with Gasteiger partial charge in [-0.1, -0.05) is 146 Å². The number of benzene rings is 2. The molecule has 0 aliphatic rings. The predicted molar refractivity (Wildman–Crippen MR) is 150 cm³/mol.